The monoisotopic (exact) mass is 364 g/mol. The molecule has 136 valence electrons. The topological polar surface area (TPSA) is 43.6 Å². The van der Waals surface area contributed by atoms with E-state index in [1.54, 1.807) is 0 Å². The molecule has 5 rings (SSSR count). The molecule has 0 spiro atoms. The van der Waals surface area contributed by atoms with E-state index in [0.29, 0.717) is 17.6 Å². The number of aryl methyl sites for hydroxylation is 3. The van der Waals surface area contributed by atoms with E-state index in [1.807, 2.05) is 19.1 Å². The minimum Gasteiger partial charge on any atom is -0.278 e. The molecule has 4 heteroatoms. The van der Waals surface area contributed by atoms with Crippen molar-refractivity contribution >= 4 is 21.8 Å². The Bertz CT molecular complexity index is 1350. The molecule has 0 saturated heterocycles. The van der Waals surface area contributed by atoms with Crippen LogP contribution >= 0.6 is 0 Å². The molecule has 0 fully saturated rings. The summed E-state index contributed by atoms with van der Waals surface area (Å²) in [6.07, 6.45) is 0. The first-order chi connectivity index (χ1) is 13.6. The lowest BCUT2D eigenvalue weighted by atomic mass is 10.1. The van der Waals surface area contributed by atoms with Gasteiger partial charge in [-0.05, 0) is 45.0 Å². The van der Waals surface area contributed by atoms with Crippen LogP contribution in [0, 0.1) is 20.8 Å². The Balaban J connectivity index is 1.83. The number of hydrogen-bond donors (Lipinski definition) is 0. The van der Waals surface area contributed by atoms with Crippen LogP contribution in [-0.4, -0.2) is 19.5 Å². The summed E-state index contributed by atoms with van der Waals surface area (Å²) >= 11 is 0. The summed E-state index contributed by atoms with van der Waals surface area (Å²) in [6.45, 7) is 6.12. The third-order valence-corrected chi connectivity index (χ3v) is 5.04. The third-order valence-electron chi connectivity index (χ3n) is 5.04. The van der Waals surface area contributed by atoms with Crippen LogP contribution in [0.3, 0.4) is 0 Å². The zero-order chi connectivity index (χ0) is 19.3. The second kappa shape index (κ2) is 6.27. The molecule has 0 aliphatic rings. The van der Waals surface area contributed by atoms with Crippen molar-refractivity contribution in [1.29, 1.82) is 0 Å². The molecule has 5 aromatic rings. The molecule has 4 nitrogen and oxygen atoms in total. The maximum absolute atomic E-state index is 4.85. The van der Waals surface area contributed by atoms with Crippen molar-refractivity contribution in [3.63, 3.8) is 0 Å². The summed E-state index contributed by atoms with van der Waals surface area (Å²) in [5.74, 6) is 2.06. The van der Waals surface area contributed by atoms with Crippen LogP contribution in [0.5, 0.6) is 0 Å². The number of rotatable bonds is 2. The quantitative estimate of drug-likeness (QED) is 0.412. The Morgan fingerprint density at radius 3 is 2.29 bits per heavy atom. The van der Waals surface area contributed by atoms with E-state index in [-0.39, 0.29) is 0 Å². The van der Waals surface area contributed by atoms with Gasteiger partial charge in [0, 0.05) is 16.3 Å². The Morgan fingerprint density at radius 2 is 1.43 bits per heavy atom. The van der Waals surface area contributed by atoms with Crippen molar-refractivity contribution in [2.45, 2.75) is 20.8 Å². The first-order valence-electron chi connectivity index (χ1n) is 9.40. The van der Waals surface area contributed by atoms with E-state index in [2.05, 4.69) is 83.0 Å². The van der Waals surface area contributed by atoms with Crippen molar-refractivity contribution in [2.75, 3.05) is 0 Å². The van der Waals surface area contributed by atoms with Crippen LogP contribution in [0.4, 0.5) is 0 Å². The highest BCUT2D eigenvalue weighted by Gasteiger charge is 2.15. The fourth-order valence-electron chi connectivity index (χ4n) is 3.78. The van der Waals surface area contributed by atoms with Crippen molar-refractivity contribution < 1.29 is 0 Å². The standard InChI is InChI=1S/C24H20N4/c1-15-7-6-8-18(13-15)23-25-17(3)26-24(27-23)28-21-10-5-4-9-19(21)20-14-16(2)11-12-22(20)28/h4-14H,1-3H3. The second-order valence-corrected chi connectivity index (χ2v) is 7.25. The predicted molar refractivity (Wildman–Crippen MR) is 114 cm³/mol. The van der Waals surface area contributed by atoms with Crippen LogP contribution in [0.1, 0.15) is 17.0 Å². The fourth-order valence-corrected chi connectivity index (χ4v) is 3.78. The average molecular weight is 364 g/mol. The number of aromatic nitrogens is 4. The summed E-state index contributed by atoms with van der Waals surface area (Å²) in [5.41, 5.74) is 5.63. The van der Waals surface area contributed by atoms with Crippen LogP contribution in [0.15, 0.2) is 66.7 Å². The summed E-state index contributed by atoms with van der Waals surface area (Å²) in [5, 5.41) is 2.42. The van der Waals surface area contributed by atoms with Gasteiger partial charge in [-0.2, -0.15) is 9.97 Å². The van der Waals surface area contributed by atoms with Crippen molar-refractivity contribution in [2.24, 2.45) is 0 Å². The maximum Gasteiger partial charge on any atom is 0.238 e. The molecule has 0 aliphatic carbocycles. The molecule has 0 atom stereocenters. The molecule has 28 heavy (non-hydrogen) atoms. The molecule has 0 bridgehead atoms. The lowest BCUT2D eigenvalue weighted by molar-refractivity contribution is 0.907. The van der Waals surface area contributed by atoms with E-state index in [4.69, 9.17) is 4.98 Å². The highest BCUT2D eigenvalue weighted by molar-refractivity contribution is 6.09. The zero-order valence-corrected chi connectivity index (χ0v) is 16.1. The van der Waals surface area contributed by atoms with Gasteiger partial charge in [0.25, 0.3) is 0 Å². The molecule has 0 radical (unpaired) electrons. The van der Waals surface area contributed by atoms with Crippen LogP contribution in [-0.2, 0) is 0 Å². The molecule has 0 aliphatic heterocycles. The number of para-hydroxylation sites is 1. The Kier molecular flexibility index (Phi) is 3.72. The van der Waals surface area contributed by atoms with Crippen molar-refractivity contribution in [3.8, 4) is 17.3 Å². The van der Waals surface area contributed by atoms with E-state index < -0.39 is 0 Å². The highest BCUT2D eigenvalue weighted by Crippen LogP contribution is 2.32. The molecule has 2 aromatic heterocycles. The van der Waals surface area contributed by atoms with E-state index in [9.17, 15) is 0 Å². The minimum atomic E-state index is 0.652. The van der Waals surface area contributed by atoms with Gasteiger partial charge in [-0.3, -0.25) is 4.57 Å². The number of nitrogens with zero attached hydrogens (tertiary/aromatic N) is 4. The SMILES string of the molecule is Cc1cccc(-c2nc(C)nc(-n3c4ccccc4c4cc(C)ccc43)n2)c1. The van der Waals surface area contributed by atoms with Gasteiger partial charge >= 0.3 is 0 Å². The van der Waals surface area contributed by atoms with Crippen LogP contribution in [0.25, 0.3) is 39.1 Å². The van der Waals surface area contributed by atoms with E-state index in [1.165, 1.54) is 21.9 Å². The number of hydrogen-bond acceptors (Lipinski definition) is 3. The molecular formula is C24H20N4. The third kappa shape index (κ3) is 2.65. The van der Waals surface area contributed by atoms with Gasteiger partial charge in [-0.1, -0.05) is 53.6 Å². The van der Waals surface area contributed by atoms with E-state index in [0.717, 1.165) is 16.6 Å². The number of fused-ring (bicyclic) bond motifs is 3. The molecular weight excluding hydrogens is 344 g/mol. The largest absolute Gasteiger partial charge is 0.278 e. The average Bonchev–Trinajstić information content (AvgIpc) is 3.01. The smallest absolute Gasteiger partial charge is 0.238 e. The Labute approximate surface area is 163 Å². The first kappa shape index (κ1) is 16.6. The summed E-state index contributed by atoms with van der Waals surface area (Å²) in [4.78, 5) is 14.1. The summed E-state index contributed by atoms with van der Waals surface area (Å²) in [6, 6.07) is 23.2. The Morgan fingerprint density at radius 1 is 0.643 bits per heavy atom. The Hall–Kier alpha value is -3.53. The summed E-state index contributed by atoms with van der Waals surface area (Å²) in [7, 11) is 0. The van der Waals surface area contributed by atoms with E-state index >= 15 is 0 Å². The van der Waals surface area contributed by atoms with Gasteiger partial charge in [0.1, 0.15) is 5.82 Å². The van der Waals surface area contributed by atoms with Crippen LogP contribution < -0.4 is 0 Å². The molecule has 0 amide bonds. The highest BCUT2D eigenvalue weighted by atomic mass is 15.2. The van der Waals surface area contributed by atoms with Gasteiger partial charge in [0.05, 0.1) is 11.0 Å². The summed E-state index contributed by atoms with van der Waals surface area (Å²) < 4.78 is 2.14. The van der Waals surface area contributed by atoms with Gasteiger partial charge in [-0.25, -0.2) is 4.98 Å². The molecule has 0 saturated carbocycles. The van der Waals surface area contributed by atoms with Gasteiger partial charge in [-0.15, -0.1) is 0 Å². The van der Waals surface area contributed by atoms with Crippen molar-refractivity contribution in [3.05, 3.63) is 83.7 Å². The van der Waals surface area contributed by atoms with Crippen LogP contribution in [0.2, 0.25) is 0 Å². The number of benzene rings is 3. The second-order valence-electron chi connectivity index (χ2n) is 7.25. The van der Waals surface area contributed by atoms with Crippen molar-refractivity contribution in [1.82, 2.24) is 19.5 Å². The molecule has 3 aromatic carbocycles. The maximum atomic E-state index is 4.85. The lowest BCUT2D eigenvalue weighted by Gasteiger charge is -2.09. The minimum absolute atomic E-state index is 0.652. The molecule has 0 unspecified atom stereocenters. The lowest BCUT2D eigenvalue weighted by Crippen LogP contribution is -2.06. The normalized spacial score (nSPS) is 11.4. The van der Waals surface area contributed by atoms with Gasteiger partial charge < -0.3 is 0 Å². The predicted octanol–water partition coefficient (Wildman–Crippen LogP) is 5.56. The molecule has 2 heterocycles. The first-order valence-corrected chi connectivity index (χ1v) is 9.40. The van der Waals surface area contributed by atoms with Gasteiger partial charge in [0.2, 0.25) is 5.95 Å². The zero-order valence-electron chi connectivity index (χ0n) is 16.1. The molecule has 0 N–H and O–H groups in total. The van der Waals surface area contributed by atoms with Gasteiger partial charge in [0.15, 0.2) is 5.82 Å². The fraction of sp³-hybridized carbons (Fsp3) is 0.125.